The van der Waals surface area contributed by atoms with Gasteiger partial charge in [-0.2, -0.15) is 0 Å². The highest BCUT2D eigenvalue weighted by atomic mass is 15.1. The van der Waals surface area contributed by atoms with Crippen LogP contribution in [0.2, 0.25) is 0 Å². The van der Waals surface area contributed by atoms with Crippen LogP contribution in [0.5, 0.6) is 0 Å². The van der Waals surface area contributed by atoms with Crippen molar-refractivity contribution in [3.05, 3.63) is 30.1 Å². The predicted octanol–water partition coefficient (Wildman–Crippen LogP) is 1.70. The largest absolute Gasteiger partial charge is 0.327 e. The molecule has 1 atom stereocenters. The van der Waals surface area contributed by atoms with Crippen LogP contribution < -0.4 is 5.32 Å². The van der Waals surface area contributed by atoms with E-state index < -0.39 is 0 Å². The quantitative estimate of drug-likeness (QED) is 0.680. The lowest BCUT2D eigenvalue weighted by Crippen LogP contribution is -2.31. The summed E-state index contributed by atoms with van der Waals surface area (Å²) < 4.78 is 2.32. The van der Waals surface area contributed by atoms with Gasteiger partial charge in [-0.1, -0.05) is 0 Å². The van der Waals surface area contributed by atoms with Crippen LogP contribution in [0, 0.1) is 0 Å². The number of hydrogen-bond acceptors (Lipinski definition) is 2. The SMILES string of the molecule is CC1NCCn2c1cc1cccnc12. The number of rotatable bonds is 0. The third-order valence-corrected chi connectivity index (χ3v) is 2.92. The molecule has 0 saturated heterocycles. The molecule has 2 aromatic heterocycles. The van der Waals surface area contributed by atoms with Gasteiger partial charge in [0.2, 0.25) is 0 Å². The van der Waals surface area contributed by atoms with Crippen LogP contribution in [0.15, 0.2) is 24.4 Å². The Morgan fingerprint density at radius 2 is 2.50 bits per heavy atom. The minimum Gasteiger partial charge on any atom is -0.327 e. The van der Waals surface area contributed by atoms with Gasteiger partial charge in [0.15, 0.2) is 0 Å². The smallest absolute Gasteiger partial charge is 0.140 e. The molecule has 1 N–H and O–H groups in total. The highest BCUT2D eigenvalue weighted by Crippen LogP contribution is 2.24. The van der Waals surface area contributed by atoms with E-state index in [2.05, 4.69) is 33.9 Å². The van der Waals surface area contributed by atoms with Crippen LogP contribution in [0.25, 0.3) is 11.0 Å². The molecule has 2 aromatic rings. The van der Waals surface area contributed by atoms with E-state index in [9.17, 15) is 0 Å². The van der Waals surface area contributed by atoms with Gasteiger partial charge >= 0.3 is 0 Å². The van der Waals surface area contributed by atoms with Crippen LogP contribution in [-0.4, -0.2) is 16.1 Å². The maximum Gasteiger partial charge on any atom is 0.140 e. The lowest BCUT2D eigenvalue weighted by Gasteiger charge is -2.23. The standard InChI is InChI=1S/C11H13N3/c1-8-10-7-9-3-2-4-13-11(9)14(10)6-5-12-8/h2-4,7-8,12H,5-6H2,1H3. The summed E-state index contributed by atoms with van der Waals surface area (Å²) in [6, 6.07) is 6.80. The van der Waals surface area contributed by atoms with Crippen molar-refractivity contribution in [1.82, 2.24) is 14.9 Å². The molecule has 0 spiro atoms. The number of nitrogens with one attached hydrogen (secondary N) is 1. The second-order valence-corrected chi connectivity index (χ2v) is 3.81. The molecule has 1 aliphatic rings. The van der Waals surface area contributed by atoms with E-state index in [-0.39, 0.29) is 0 Å². The lowest BCUT2D eigenvalue weighted by molar-refractivity contribution is 0.454. The van der Waals surface area contributed by atoms with Crippen molar-refractivity contribution >= 4 is 11.0 Å². The summed E-state index contributed by atoms with van der Waals surface area (Å²) >= 11 is 0. The molecular formula is C11H13N3. The Hall–Kier alpha value is -1.35. The average Bonchev–Trinajstić information content (AvgIpc) is 2.59. The molecule has 0 radical (unpaired) electrons. The van der Waals surface area contributed by atoms with Crippen molar-refractivity contribution in [2.24, 2.45) is 0 Å². The van der Waals surface area contributed by atoms with Crippen LogP contribution in [0.4, 0.5) is 0 Å². The van der Waals surface area contributed by atoms with E-state index >= 15 is 0 Å². The first-order valence-electron chi connectivity index (χ1n) is 5.04. The normalized spacial score (nSPS) is 21.1. The molecule has 3 rings (SSSR count). The molecule has 0 saturated carbocycles. The van der Waals surface area contributed by atoms with Gasteiger partial charge in [0.1, 0.15) is 5.65 Å². The minimum atomic E-state index is 0.443. The zero-order valence-corrected chi connectivity index (χ0v) is 8.20. The molecule has 72 valence electrons. The highest BCUT2D eigenvalue weighted by Gasteiger charge is 2.18. The molecule has 3 heteroatoms. The molecule has 1 aliphatic heterocycles. The van der Waals surface area contributed by atoms with Gasteiger partial charge in [-0.15, -0.1) is 0 Å². The topological polar surface area (TPSA) is 29.9 Å². The van der Waals surface area contributed by atoms with E-state index in [1.807, 2.05) is 12.3 Å². The van der Waals surface area contributed by atoms with E-state index in [0.717, 1.165) is 18.7 Å². The van der Waals surface area contributed by atoms with Crippen LogP contribution in [0.1, 0.15) is 18.7 Å². The maximum atomic E-state index is 4.42. The minimum absolute atomic E-state index is 0.443. The summed E-state index contributed by atoms with van der Waals surface area (Å²) in [5, 5.41) is 4.70. The fourth-order valence-electron chi connectivity index (χ4n) is 2.20. The van der Waals surface area contributed by atoms with Gasteiger partial charge in [0, 0.05) is 36.4 Å². The first kappa shape index (κ1) is 8.00. The zero-order chi connectivity index (χ0) is 9.54. The second-order valence-electron chi connectivity index (χ2n) is 3.81. The fourth-order valence-corrected chi connectivity index (χ4v) is 2.20. The van der Waals surface area contributed by atoms with Crippen LogP contribution in [0.3, 0.4) is 0 Å². The first-order valence-corrected chi connectivity index (χ1v) is 5.04. The van der Waals surface area contributed by atoms with Crippen molar-refractivity contribution in [2.45, 2.75) is 19.5 Å². The Morgan fingerprint density at radius 3 is 3.43 bits per heavy atom. The first-order chi connectivity index (χ1) is 6.86. The second kappa shape index (κ2) is 2.82. The number of fused-ring (bicyclic) bond motifs is 3. The van der Waals surface area contributed by atoms with Crippen molar-refractivity contribution in [3.63, 3.8) is 0 Å². The summed E-state index contributed by atoms with van der Waals surface area (Å²) in [6.07, 6.45) is 1.86. The Morgan fingerprint density at radius 1 is 1.57 bits per heavy atom. The molecule has 0 amide bonds. The van der Waals surface area contributed by atoms with Gasteiger partial charge in [0.25, 0.3) is 0 Å². The van der Waals surface area contributed by atoms with Crippen molar-refractivity contribution in [3.8, 4) is 0 Å². The number of hydrogen-bond donors (Lipinski definition) is 1. The summed E-state index contributed by atoms with van der Waals surface area (Å²) in [5.41, 5.74) is 2.47. The van der Waals surface area contributed by atoms with E-state index in [0.29, 0.717) is 6.04 Å². The summed E-state index contributed by atoms with van der Waals surface area (Å²) in [4.78, 5) is 4.42. The Kier molecular flexibility index (Phi) is 1.61. The molecule has 3 nitrogen and oxygen atoms in total. The van der Waals surface area contributed by atoms with E-state index in [1.165, 1.54) is 11.1 Å². The van der Waals surface area contributed by atoms with Gasteiger partial charge in [-0.3, -0.25) is 0 Å². The van der Waals surface area contributed by atoms with Crippen LogP contribution >= 0.6 is 0 Å². The molecule has 0 aliphatic carbocycles. The average molecular weight is 187 g/mol. The predicted molar refractivity (Wildman–Crippen MR) is 56.2 cm³/mol. The molecule has 3 heterocycles. The maximum absolute atomic E-state index is 4.42. The fraction of sp³-hybridized carbons (Fsp3) is 0.364. The number of nitrogens with zero attached hydrogens (tertiary/aromatic N) is 2. The molecule has 14 heavy (non-hydrogen) atoms. The van der Waals surface area contributed by atoms with Gasteiger partial charge in [0.05, 0.1) is 0 Å². The van der Waals surface area contributed by atoms with Gasteiger partial charge in [-0.05, 0) is 25.1 Å². The summed E-state index contributed by atoms with van der Waals surface area (Å²) in [6.45, 7) is 4.26. The Balaban J connectivity index is 2.32. The van der Waals surface area contributed by atoms with Crippen molar-refractivity contribution in [2.75, 3.05) is 6.54 Å². The highest BCUT2D eigenvalue weighted by molar-refractivity contribution is 5.77. The van der Waals surface area contributed by atoms with Crippen molar-refractivity contribution in [1.29, 1.82) is 0 Å². The monoisotopic (exact) mass is 187 g/mol. The third kappa shape index (κ3) is 0.990. The van der Waals surface area contributed by atoms with E-state index in [1.54, 1.807) is 0 Å². The lowest BCUT2D eigenvalue weighted by atomic mass is 10.2. The zero-order valence-electron chi connectivity index (χ0n) is 8.20. The van der Waals surface area contributed by atoms with Crippen LogP contribution in [-0.2, 0) is 6.54 Å². The Labute approximate surface area is 82.8 Å². The molecule has 1 unspecified atom stereocenters. The van der Waals surface area contributed by atoms with Crippen molar-refractivity contribution < 1.29 is 0 Å². The number of aromatic nitrogens is 2. The molecule has 0 aromatic carbocycles. The van der Waals surface area contributed by atoms with E-state index in [4.69, 9.17) is 0 Å². The Bertz CT molecular complexity index is 472. The number of pyridine rings is 1. The molecular weight excluding hydrogens is 174 g/mol. The summed E-state index contributed by atoms with van der Waals surface area (Å²) in [5.74, 6) is 0. The van der Waals surface area contributed by atoms with Gasteiger partial charge < -0.3 is 9.88 Å². The molecule has 0 fully saturated rings. The molecule has 0 bridgehead atoms. The third-order valence-electron chi connectivity index (χ3n) is 2.92. The van der Waals surface area contributed by atoms with Gasteiger partial charge in [-0.25, -0.2) is 4.98 Å². The summed E-state index contributed by atoms with van der Waals surface area (Å²) in [7, 11) is 0.